The number of halogens is 1. The van der Waals surface area contributed by atoms with E-state index < -0.39 is 4.92 Å². The third-order valence-electron chi connectivity index (χ3n) is 4.07. The van der Waals surface area contributed by atoms with Crippen molar-refractivity contribution in [2.75, 3.05) is 39.3 Å². The van der Waals surface area contributed by atoms with Crippen molar-refractivity contribution in [2.45, 2.75) is 19.8 Å². The molecule has 0 unspecified atom stereocenters. The van der Waals surface area contributed by atoms with Gasteiger partial charge in [0.2, 0.25) is 0 Å². The number of hydrogen-bond acceptors (Lipinski definition) is 5. The van der Waals surface area contributed by atoms with Gasteiger partial charge in [-0.1, -0.05) is 13.0 Å². The molecule has 1 aromatic rings. The van der Waals surface area contributed by atoms with E-state index in [-0.39, 0.29) is 24.0 Å². The van der Waals surface area contributed by atoms with Crippen molar-refractivity contribution >= 4 is 24.0 Å². The number of carbonyl (C=O) groups excluding carboxylic acids is 1. The SMILES string of the molecule is CCc1ccc(C(=O)NCCCN2CCNCC2)cc1[N+](=O)[O-].Cl. The number of nitrogens with one attached hydrogen (secondary N) is 2. The third kappa shape index (κ3) is 5.74. The number of piperazine rings is 1. The van der Waals surface area contributed by atoms with E-state index in [2.05, 4.69) is 15.5 Å². The highest BCUT2D eigenvalue weighted by Crippen LogP contribution is 2.20. The van der Waals surface area contributed by atoms with Crippen LogP contribution in [0.3, 0.4) is 0 Å². The van der Waals surface area contributed by atoms with Gasteiger partial charge in [-0.25, -0.2) is 0 Å². The van der Waals surface area contributed by atoms with Crippen LogP contribution in [0, 0.1) is 10.1 Å². The molecule has 0 spiro atoms. The van der Waals surface area contributed by atoms with Crippen LogP contribution in [-0.4, -0.2) is 55.0 Å². The van der Waals surface area contributed by atoms with E-state index in [9.17, 15) is 14.9 Å². The number of hydrogen-bond donors (Lipinski definition) is 2. The first-order chi connectivity index (χ1) is 11.1. The van der Waals surface area contributed by atoms with Crippen LogP contribution in [0.25, 0.3) is 0 Å². The summed E-state index contributed by atoms with van der Waals surface area (Å²) < 4.78 is 0. The number of nitro groups is 1. The summed E-state index contributed by atoms with van der Waals surface area (Å²) in [6.45, 7) is 7.50. The van der Waals surface area contributed by atoms with Crippen LogP contribution in [0.1, 0.15) is 29.3 Å². The van der Waals surface area contributed by atoms with Crippen LogP contribution >= 0.6 is 12.4 Å². The number of benzene rings is 1. The summed E-state index contributed by atoms with van der Waals surface area (Å²) in [4.78, 5) is 25.1. The number of nitrogens with zero attached hydrogens (tertiary/aromatic N) is 2. The maximum Gasteiger partial charge on any atom is 0.273 e. The van der Waals surface area contributed by atoms with Crippen molar-refractivity contribution < 1.29 is 9.72 Å². The molecule has 7 nitrogen and oxygen atoms in total. The molecule has 0 aliphatic carbocycles. The van der Waals surface area contributed by atoms with Crippen molar-refractivity contribution in [2.24, 2.45) is 0 Å². The average Bonchev–Trinajstić information content (AvgIpc) is 2.58. The summed E-state index contributed by atoms with van der Waals surface area (Å²) in [5.41, 5.74) is 1.00. The minimum Gasteiger partial charge on any atom is -0.352 e. The minimum atomic E-state index is -0.431. The second-order valence-corrected chi connectivity index (χ2v) is 5.66. The van der Waals surface area contributed by atoms with Gasteiger partial charge in [0.1, 0.15) is 0 Å². The minimum absolute atomic E-state index is 0. The van der Waals surface area contributed by atoms with Gasteiger partial charge < -0.3 is 15.5 Å². The van der Waals surface area contributed by atoms with Crippen molar-refractivity contribution in [3.8, 4) is 0 Å². The van der Waals surface area contributed by atoms with Crippen LogP contribution in [0.2, 0.25) is 0 Å². The van der Waals surface area contributed by atoms with E-state index in [0.717, 1.165) is 39.1 Å². The van der Waals surface area contributed by atoms with E-state index >= 15 is 0 Å². The molecule has 8 heteroatoms. The summed E-state index contributed by atoms with van der Waals surface area (Å²) in [6, 6.07) is 4.68. The highest BCUT2D eigenvalue weighted by Gasteiger charge is 2.16. The first kappa shape index (κ1) is 20.3. The van der Waals surface area contributed by atoms with E-state index in [1.54, 1.807) is 12.1 Å². The Labute approximate surface area is 148 Å². The van der Waals surface area contributed by atoms with E-state index in [0.29, 0.717) is 24.1 Å². The molecule has 1 fully saturated rings. The number of nitro benzene ring substituents is 1. The Morgan fingerprint density at radius 3 is 2.71 bits per heavy atom. The lowest BCUT2D eigenvalue weighted by atomic mass is 10.1. The largest absolute Gasteiger partial charge is 0.352 e. The molecule has 2 N–H and O–H groups in total. The van der Waals surface area contributed by atoms with E-state index in [4.69, 9.17) is 0 Å². The molecule has 0 radical (unpaired) electrons. The van der Waals surface area contributed by atoms with Gasteiger partial charge in [-0.2, -0.15) is 0 Å². The Morgan fingerprint density at radius 1 is 1.38 bits per heavy atom. The molecule has 1 amide bonds. The predicted octanol–water partition coefficient (Wildman–Crippen LogP) is 1.60. The molecular formula is C16H25ClN4O3. The van der Waals surface area contributed by atoms with Gasteiger partial charge in [-0.3, -0.25) is 14.9 Å². The number of carbonyl (C=O) groups is 1. The quantitative estimate of drug-likeness (QED) is 0.440. The summed E-state index contributed by atoms with van der Waals surface area (Å²) in [7, 11) is 0. The molecule has 0 saturated carbocycles. The summed E-state index contributed by atoms with van der Waals surface area (Å²) >= 11 is 0. The van der Waals surface area contributed by atoms with Crippen LogP contribution in [0.5, 0.6) is 0 Å². The molecule has 1 aliphatic heterocycles. The highest BCUT2D eigenvalue weighted by atomic mass is 35.5. The maximum absolute atomic E-state index is 12.1. The number of amides is 1. The van der Waals surface area contributed by atoms with Crippen LogP contribution in [0.15, 0.2) is 18.2 Å². The lowest BCUT2D eigenvalue weighted by molar-refractivity contribution is -0.385. The van der Waals surface area contributed by atoms with Crippen LogP contribution < -0.4 is 10.6 Å². The second-order valence-electron chi connectivity index (χ2n) is 5.66. The molecule has 1 aliphatic rings. The topological polar surface area (TPSA) is 87.5 Å². The van der Waals surface area contributed by atoms with Crippen molar-refractivity contribution in [3.05, 3.63) is 39.4 Å². The maximum atomic E-state index is 12.1. The van der Waals surface area contributed by atoms with Gasteiger partial charge in [0.15, 0.2) is 0 Å². The monoisotopic (exact) mass is 356 g/mol. The lowest BCUT2D eigenvalue weighted by Crippen LogP contribution is -2.44. The fourth-order valence-electron chi connectivity index (χ4n) is 2.72. The zero-order valence-electron chi connectivity index (χ0n) is 13.9. The third-order valence-corrected chi connectivity index (χ3v) is 4.07. The molecule has 2 rings (SSSR count). The number of aryl methyl sites for hydroxylation is 1. The standard InChI is InChI=1S/C16H24N4O3.ClH/c1-2-13-4-5-14(12-15(13)20(22)23)16(21)18-6-3-9-19-10-7-17-8-11-19;/h4-5,12,17H,2-3,6-11H2,1H3,(H,18,21);1H. The summed E-state index contributed by atoms with van der Waals surface area (Å²) in [5, 5.41) is 17.2. The molecule has 1 aromatic carbocycles. The Bertz CT molecular complexity index is 562. The van der Waals surface area contributed by atoms with Crippen molar-refractivity contribution in [3.63, 3.8) is 0 Å². The Balaban J connectivity index is 0.00000288. The molecule has 0 bridgehead atoms. The molecule has 0 atom stereocenters. The molecule has 0 aromatic heterocycles. The molecular weight excluding hydrogens is 332 g/mol. The highest BCUT2D eigenvalue weighted by molar-refractivity contribution is 5.94. The van der Waals surface area contributed by atoms with Gasteiger partial charge >= 0.3 is 0 Å². The fraction of sp³-hybridized carbons (Fsp3) is 0.562. The Hall–Kier alpha value is -1.70. The zero-order chi connectivity index (χ0) is 16.7. The van der Waals surface area contributed by atoms with E-state index in [1.807, 2.05) is 6.92 Å². The lowest BCUT2D eigenvalue weighted by Gasteiger charge is -2.27. The van der Waals surface area contributed by atoms with Gasteiger partial charge in [0, 0.05) is 49.9 Å². The second kappa shape index (κ2) is 10.2. The van der Waals surface area contributed by atoms with Gasteiger partial charge in [-0.05, 0) is 25.5 Å². The Morgan fingerprint density at radius 2 is 2.08 bits per heavy atom. The Kier molecular flexibility index (Phi) is 8.67. The molecule has 24 heavy (non-hydrogen) atoms. The zero-order valence-corrected chi connectivity index (χ0v) is 14.7. The molecule has 1 heterocycles. The summed E-state index contributed by atoms with van der Waals surface area (Å²) in [6.07, 6.45) is 1.45. The molecule has 134 valence electrons. The van der Waals surface area contributed by atoms with Gasteiger partial charge in [0.05, 0.1) is 4.92 Å². The fourth-order valence-corrected chi connectivity index (χ4v) is 2.72. The average molecular weight is 357 g/mol. The summed E-state index contributed by atoms with van der Waals surface area (Å²) in [5.74, 6) is -0.254. The van der Waals surface area contributed by atoms with Gasteiger partial charge in [-0.15, -0.1) is 12.4 Å². The molecule has 1 saturated heterocycles. The van der Waals surface area contributed by atoms with Crippen LogP contribution in [0.4, 0.5) is 5.69 Å². The van der Waals surface area contributed by atoms with Crippen LogP contribution in [-0.2, 0) is 6.42 Å². The normalized spacial score (nSPS) is 14.7. The predicted molar refractivity (Wildman–Crippen MR) is 96.0 cm³/mol. The van der Waals surface area contributed by atoms with E-state index in [1.165, 1.54) is 6.07 Å². The van der Waals surface area contributed by atoms with Crippen molar-refractivity contribution in [1.29, 1.82) is 0 Å². The van der Waals surface area contributed by atoms with Crippen molar-refractivity contribution in [1.82, 2.24) is 15.5 Å². The first-order valence-electron chi connectivity index (χ1n) is 8.10. The first-order valence-corrected chi connectivity index (χ1v) is 8.10. The number of rotatable bonds is 7. The smallest absolute Gasteiger partial charge is 0.273 e. The van der Waals surface area contributed by atoms with Gasteiger partial charge in [0.25, 0.3) is 11.6 Å².